The Morgan fingerprint density at radius 3 is 2.50 bits per heavy atom. The van der Waals surface area contributed by atoms with Gasteiger partial charge in [0.15, 0.2) is 5.65 Å². The summed E-state index contributed by atoms with van der Waals surface area (Å²) in [5, 5.41) is 7.95. The summed E-state index contributed by atoms with van der Waals surface area (Å²) in [7, 11) is 0. The van der Waals surface area contributed by atoms with Gasteiger partial charge < -0.3 is 5.32 Å². The van der Waals surface area contributed by atoms with E-state index in [-0.39, 0.29) is 0 Å². The molecule has 0 radical (unpaired) electrons. The molecule has 0 aliphatic heterocycles. The molecule has 0 saturated carbocycles. The van der Waals surface area contributed by atoms with Gasteiger partial charge in [0.1, 0.15) is 5.82 Å². The zero-order valence-electron chi connectivity index (χ0n) is 13.1. The molecule has 24 heavy (non-hydrogen) atoms. The molecule has 4 rings (SSSR count). The molecule has 0 saturated heterocycles. The fourth-order valence-electron chi connectivity index (χ4n) is 2.68. The number of rotatable bonds is 3. The van der Waals surface area contributed by atoms with Crippen LogP contribution in [0.5, 0.6) is 0 Å². The van der Waals surface area contributed by atoms with E-state index >= 15 is 0 Å². The average molecular weight is 379 g/mol. The van der Waals surface area contributed by atoms with E-state index in [4.69, 9.17) is 0 Å². The van der Waals surface area contributed by atoms with Crippen molar-refractivity contribution in [2.24, 2.45) is 0 Å². The molecule has 118 valence electrons. The second-order valence-corrected chi connectivity index (χ2v) is 6.49. The molecule has 5 heteroatoms. The Bertz CT molecular complexity index is 991. The molecular formula is C19H15BrN4. The number of aromatic nitrogens is 3. The second-order valence-electron chi connectivity index (χ2n) is 5.57. The number of anilines is 2. The van der Waals surface area contributed by atoms with Crippen LogP contribution < -0.4 is 5.32 Å². The van der Waals surface area contributed by atoms with Gasteiger partial charge in [-0.1, -0.05) is 46.3 Å². The molecule has 0 aliphatic rings. The highest BCUT2D eigenvalue weighted by Crippen LogP contribution is 2.27. The number of hydrogen-bond donors (Lipinski definition) is 1. The molecule has 0 spiro atoms. The summed E-state index contributed by atoms with van der Waals surface area (Å²) >= 11 is 3.46. The molecule has 4 nitrogen and oxygen atoms in total. The summed E-state index contributed by atoms with van der Waals surface area (Å²) in [4.78, 5) is 4.68. The van der Waals surface area contributed by atoms with Crippen LogP contribution in [0, 0.1) is 6.92 Å². The van der Waals surface area contributed by atoms with E-state index in [9.17, 15) is 0 Å². The Kier molecular flexibility index (Phi) is 3.78. The summed E-state index contributed by atoms with van der Waals surface area (Å²) in [6, 6.07) is 20.3. The van der Waals surface area contributed by atoms with Crippen molar-refractivity contribution in [1.82, 2.24) is 14.6 Å². The third-order valence-corrected chi connectivity index (χ3v) is 4.33. The lowest BCUT2D eigenvalue weighted by molar-refractivity contribution is 0.938. The van der Waals surface area contributed by atoms with Crippen LogP contribution in [0.25, 0.3) is 16.8 Å². The monoisotopic (exact) mass is 378 g/mol. The Labute approximate surface area is 148 Å². The number of nitrogens with zero attached hydrogens (tertiary/aromatic N) is 3. The molecule has 2 heterocycles. The average Bonchev–Trinajstić information content (AvgIpc) is 3.01. The molecule has 2 aromatic carbocycles. The first-order valence-corrected chi connectivity index (χ1v) is 8.43. The van der Waals surface area contributed by atoms with Crippen LogP contribution in [0.4, 0.5) is 11.5 Å². The molecular weight excluding hydrogens is 364 g/mol. The van der Waals surface area contributed by atoms with E-state index in [0.717, 1.165) is 38.4 Å². The summed E-state index contributed by atoms with van der Waals surface area (Å²) in [5.41, 5.74) is 4.93. The van der Waals surface area contributed by atoms with Gasteiger partial charge in [0.2, 0.25) is 0 Å². The van der Waals surface area contributed by atoms with Gasteiger partial charge in [-0.2, -0.15) is 9.61 Å². The molecule has 0 unspecified atom stereocenters. The number of halogens is 1. The maximum atomic E-state index is 4.68. The fourth-order valence-corrected chi connectivity index (χ4v) is 2.94. The molecule has 0 amide bonds. The van der Waals surface area contributed by atoms with Gasteiger partial charge in [-0.3, -0.25) is 0 Å². The van der Waals surface area contributed by atoms with E-state index in [1.54, 1.807) is 0 Å². The second kappa shape index (κ2) is 6.09. The predicted octanol–water partition coefficient (Wildman–Crippen LogP) is 5.21. The van der Waals surface area contributed by atoms with Crippen molar-refractivity contribution >= 4 is 33.1 Å². The normalized spacial score (nSPS) is 10.9. The molecule has 0 fully saturated rings. The van der Waals surface area contributed by atoms with Gasteiger partial charge >= 0.3 is 0 Å². The van der Waals surface area contributed by atoms with Crippen LogP contribution in [-0.2, 0) is 0 Å². The molecule has 2 aromatic heterocycles. The predicted molar refractivity (Wildman–Crippen MR) is 101 cm³/mol. The first-order valence-electron chi connectivity index (χ1n) is 7.64. The van der Waals surface area contributed by atoms with Gasteiger partial charge in [0.05, 0.1) is 6.20 Å². The third kappa shape index (κ3) is 2.78. The van der Waals surface area contributed by atoms with Gasteiger partial charge in [0.25, 0.3) is 0 Å². The summed E-state index contributed by atoms with van der Waals surface area (Å²) < 4.78 is 2.90. The van der Waals surface area contributed by atoms with Crippen LogP contribution in [-0.4, -0.2) is 14.6 Å². The van der Waals surface area contributed by atoms with Crippen LogP contribution in [0.15, 0.2) is 71.3 Å². The highest BCUT2D eigenvalue weighted by Gasteiger charge is 2.12. The standard InChI is InChI=1S/C19H15BrN4/c1-13-11-18(23-16-9-7-15(20)8-10-16)24-19(22-13)17(12-21-24)14-5-3-2-4-6-14/h2-12,23H,1H3. The van der Waals surface area contributed by atoms with E-state index in [2.05, 4.69) is 43.5 Å². The lowest BCUT2D eigenvalue weighted by Gasteiger charge is -2.10. The first-order chi connectivity index (χ1) is 11.7. The number of aryl methyl sites for hydroxylation is 1. The SMILES string of the molecule is Cc1cc(Nc2ccc(Br)cc2)n2ncc(-c3ccccc3)c2n1. The van der Waals surface area contributed by atoms with Crippen LogP contribution in [0.3, 0.4) is 0 Å². The third-order valence-electron chi connectivity index (χ3n) is 3.80. The minimum atomic E-state index is 0.848. The van der Waals surface area contributed by atoms with E-state index in [0.29, 0.717) is 0 Å². The van der Waals surface area contributed by atoms with E-state index in [1.165, 1.54) is 0 Å². The smallest absolute Gasteiger partial charge is 0.165 e. The molecule has 1 N–H and O–H groups in total. The highest BCUT2D eigenvalue weighted by molar-refractivity contribution is 9.10. The van der Waals surface area contributed by atoms with Crippen LogP contribution >= 0.6 is 15.9 Å². The van der Waals surface area contributed by atoms with Crippen molar-refractivity contribution < 1.29 is 0 Å². The number of nitrogens with one attached hydrogen (secondary N) is 1. The fraction of sp³-hybridized carbons (Fsp3) is 0.0526. The van der Waals surface area contributed by atoms with Crippen molar-refractivity contribution in [1.29, 1.82) is 0 Å². The zero-order valence-corrected chi connectivity index (χ0v) is 14.7. The maximum Gasteiger partial charge on any atom is 0.165 e. The lowest BCUT2D eigenvalue weighted by Crippen LogP contribution is -2.02. The summed E-state index contributed by atoms with van der Waals surface area (Å²) in [6.07, 6.45) is 1.86. The van der Waals surface area contributed by atoms with Gasteiger partial charge in [0, 0.05) is 27.5 Å². The molecule has 4 aromatic rings. The van der Waals surface area contributed by atoms with Crippen LogP contribution in [0.2, 0.25) is 0 Å². The molecule has 0 atom stereocenters. The Morgan fingerprint density at radius 1 is 1.00 bits per heavy atom. The maximum absolute atomic E-state index is 4.68. The minimum absolute atomic E-state index is 0.848. The number of benzene rings is 2. The summed E-state index contributed by atoms with van der Waals surface area (Å²) in [6.45, 7) is 1.99. The molecule has 0 bridgehead atoms. The molecule has 0 aliphatic carbocycles. The highest BCUT2D eigenvalue weighted by atomic mass is 79.9. The largest absolute Gasteiger partial charge is 0.340 e. The van der Waals surface area contributed by atoms with E-state index in [1.807, 2.05) is 66.2 Å². The number of hydrogen-bond acceptors (Lipinski definition) is 3. The lowest BCUT2D eigenvalue weighted by atomic mass is 10.1. The van der Waals surface area contributed by atoms with Crippen molar-refractivity contribution in [3.63, 3.8) is 0 Å². The van der Waals surface area contributed by atoms with Gasteiger partial charge in [-0.15, -0.1) is 0 Å². The van der Waals surface area contributed by atoms with E-state index < -0.39 is 0 Å². The number of fused-ring (bicyclic) bond motifs is 1. The Balaban J connectivity index is 1.82. The van der Waals surface area contributed by atoms with Crippen molar-refractivity contribution in [2.75, 3.05) is 5.32 Å². The van der Waals surface area contributed by atoms with Gasteiger partial charge in [-0.05, 0) is 36.8 Å². The minimum Gasteiger partial charge on any atom is -0.340 e. The van der Waals surface area contributed by atoms with Gasteiger partial charge in [-0.25, -0.2) is 4.98 Å². The zero-order chi connectivity index (χ0) is 16.5. The quantitative estimate of drug-likeness (QED) is 0.531. The Hall–Kier alpha value is -2.66. The summed E-state index contributed by atoms with van der Waals surface area (Å²) in [5.74, 6) is 0.891. The van der Waals surface area contributed by atoms with Crippen molar-refractivity contribution in [3.8, 4) is 11.1 Å². The van der Waals surface area contributed by atoms with Crippen molar-refractivity contribution in [2.45, 2.75) is 6.92 Å². The van der Waals surface area contributed by atoms with Crippen LogP contribution in [0.1, 0.15) is 5.69 Å². The Morgan fingerprint density at radius 2 is 1.75 bits per heavy atom. The topological polar surface area (TPSA) is 42.2 Å². The first kappa shape index (κ1) is 14.9. The van der Waals surface area contributed by atoms with Crippen molar-refractivity contribution in [3.05, 3.63) is 77.0 Å².